The number of hydrogen-bond acceptors (Lipinski definition) is 9. The predicted molar refractivity (Wildman–Crippen MR) is 241 cm³/mol. The van der Waals surface area contributed by atoms with Crippen molar-refractivity contribution in [3.05, 3.63) is 71.8 Å². The van der Waals surface area contributed by atoms with Gasteiger partial charge < -0.3 is 30.1 Å². The van der Waals surface area contributed by atoms with Gasteiger partial charge in [0, 0.05) is 65.2 Å². The van der Waals surface area contributed by atoms with E-state index in [4.69, 9.17) is 9.84 Å². The van der Waals surface area contributed by atoms with Gasteiger partial charge in [-0.25, -0.2) is 4.79 Å². The van der Waals surface area contributed by atoms with Gasteiger partial charge in [-0.05, 0) is 96.6 Å². The molecular formula is C47H77N5O8S. The number of nitrogens with one attached hydrogen (secondary N) is 1. The number of nitrogens with zero attached hydrogens (tertiary/aromatic N) is 4. The van der Waals surface area contributed by atoms with E-state index in [1.807, 2.05) is 76.2 Å². The van der Waals surface area contributed by atoms with Crippen LogP contribution in [0.1, 0.15) is 130 Å². The molecule has 2 saturated carbocycles. The van der Waals surface area contributed by atoms with Crippen molar-refractivity contribution in [3.63, 3.8) is 0 Å². The van der Waals surface area contributed by atoms with Gasteiger partial charge in [0.05, 0.1) is 17.7 Å². The van der Waals surface area contributed by atoms with Gasteiger partial charge in [-0.15, -0.1) is 0 Å². The van der Waals surface area contributed by atoms with E-state index in [1.165, 1.54) is 16.3 Å². The Kier molecular flexibility index (Phi) is 20.2. The maximum atomic E-state index is 13.7. The van der Waals surface area contributed by atoms with Gasteiger partial charge in [0.15, 0.2) is 0 Å². The van der Waals surface area contributed by atoms with E-state index in [0.717, 1.165) is 48.5 Å². The van der Waals surface area contributed by atoms with Crippen LogP contribution in [-0.4, -0.2) is 119 Å². The predicted octanol–water partition coefficient (Wildman–Crippen LogP) is 7.12. The lowest BCUT2D eigenvalue weighted by Crippen LogP contribution is -2.48. The van der Waals surface area contributed by atoms with Crippen LogP contribution in [0, 0.1) is 11.8 Å². The van der Waals surface area contributed by atoms with Crippen LogP contribution in [0.15, 0.2) is 60.7 Å². The van der Waals surface area contributed by atoms with Gasteiger partial charge in [-0.2, -0.15) is 17.0 Å². The largest absolute Gasteiger partial charge is 0.443 e. The second kappa shape index (κ2) is 23.8. The average Bonchev–Trinajstić information content (AvgIpc) is 3.43. The molecule has 0 aromatic heterocycles. The second-order valence-electron chi connectivity index (χ2n) is 18.6. The molecule has 0 radical (unpaired) electrons. The minimum atomic E-state index is -4.10. The first-order valence-electron chi connectivity index (χ1n) is 22.3. The van der Waals surface area contributed by atoms with Gasteiger partial charge in [-0.1, -0.05) is 93.8 Å². The van der Waals surface area contributed by atoms with Gasteiger partial charge in [0.2, 0.25) is 11.8 Å². The lowest BCUT2D eigenvalue weighted by molar-refractivity contribution is -0.135. The third-order valence-corrected chi connectivity index (χ3v) is 13.7. The first-order chi connectivity index (χ1) is 28.6. The molecule has 2 aliphatic carbocycles. The van der Waals surface area contributed by atoms with E-state index >= 15 is 0 Å². The van der Waals surface area contributed by atoms with Crippen LogP contribution in [-0.2, 0) is 37.6 Å². The monoisotopic (exact) mass is 872 g/mol. The smallest absolute Gasteiger partial charge is 0.425 e. The molecule has 3 amide bonds. The van der Waals surface area contributed by atoms with E-state index < -0.39 is 39.6 Å². The molecule has 0 bridgehead atoms. The topological polar surface area (TPSA) is 160 Å². The van der Waals surface area contributed by atoms with Gasteiger partial charge in [0.25, 0.3) is 0 Å². The fourth-order valence-corrected chi connectivity index (χ4v) is 10.2. The number of benzene rings is 2. The highest BCUT2D eigenvalue weighted by Crippen LogP contribution is 2.42. The fraction of sp³-hybridized carbons (Fsp3) is 0.681. The molecule has 14 heteroatoms. The number of aliphatic hydroxyl groups is 2. The van der Waals surface area contributed by atoms with Crippen molar-refractivity contribution in [1.29, 1.82) is 0 Å². The maximum absolute atomic E-state index is 13.7. The van der Waals surface area contributed by atoms with Crippen molar-refractivity contribution in [2.45, 2.75) is 167 Å². The van der Waals surface area contributed by atoms with E-state index in [1.54, 1.807) is 38.0 Å². The molecule has 3 N–H and O–H groups in total. The third kappa shape index (κ3) is 15.9. The Morgan fingerprint density at radius 3 is 1.77 bits per heavy atom. The Morgan fingerprint density at radius 2 is 1.26 bits per heavy atom. The summed E-state index contributed by atoms with van der Waals surface area (Å²) in [5, 5.41) is 22.6. The number of carbonyl (C=O) groups is 3. The minimum Gasteiger partial charge on any atom is -0.443 e. The lowest BCUT2D eigenvalue weighted by atomic mass is 9.81. The first kappa shape index (κ1) is 51.8. The Bertz CT molecular complexity index is 1750. The summed E-state index contributed by atoms with van der Waals surface area (Å²) in [5.41, 5.74) is 0.819. The highest BCUT2D eigenvalue weighted by atomic mass is 32.2. The van der Waals surface area contributed by atoms with Gasteiger partial charge >= 0.3 is 16.3 Å². The zero-order valence-electron chi connectivity index (χ0n) is 38.7. The molecule has 13 nitrogen and oxygen atoms in total. The van der Waals surface area contributed by atoms with Gasteiger partial charge in [-0.3, -0.25) is 9.59 Å². The van der Waals surface area contributed by atoms with Crippen LogP contribution in [0.25, 0.3) is 0 Å². The lowest BCUT2D eigenvalue weighted by Gasteiger charge is -2.35. The molecule has 1 heterocycles. The van der Waals surface area contributed by atoms with E-state index in [-0.39, 0.29) is 42.3 Å². The van der Waals surface area contributed by atoms with Crippen molar-refractivity contribution in [2.24, 2.45) is 11.8 Å². The molecule has 344 valence electrons. The molecular weight excluding hydrogens is 795 g/mol. The van der Waals surface area contributed by atoms with E-state index in [9.17, 15) is 27.9 Å². The van der Waals surface area contributed by atoms with Gasteiger partial charge in [0.1, 0.15) is 5.60 Å². The number of unbranched alkanes of at least 4 members (excludes halogenated alkanes) is 2. The third-order valence-electron chi connectivity index (χ3n) is 11.8. The zero-order valence-corrected chi connectivity index (χ0v) is 39.5. The summed E-state index contributed by atoms with van der Waals surface area (Å²) in [6, 6.07) is 18.4. The zero-order chi connectivity index (χ0) is 45.5. The summed E-state index contributed by atoms with van der Waals surface area (Å²) in [4.78, 5) is 41.2. The molecule has 2 aromatic carbocycles. The summed E-state index contributed by atoms with van der Waals surface area (Å²) in [6.07, 6.45) is 8.08. The van der Waals surface area contributed by atoms with Crippen LogP contribution in [0.2, 0.25) is 0 Å². The highest BCUT2D eigenvalue weighted by molar-refractivity contribution is 7.87. The van der Waals surface area contributed by atoms with Crippen molar-refractivity contribution in [3.8, 4) is 0 Å². The van der Waals surface area contributed by atoms with Crippen LogP contribution in [0.4, 0.5) is 4.79 Å². The van der Waals surface area contributed by atoms with E-state index in [2.05, 4.69) is 31.3 Å². The normalized spacial score (nSPS) is 23.6. The summed E-state index contributed by atoms with van der Waals surface area (Å²) in [6.45, 7) is 12.4. The van der Waals surface area contributed by atoms with Crippen LogP contribution in [0.3, 0.4) is 0 Å². The maximum Gasteiger partial charge on any atom is 0.425 e. The number of hydrogen-bond donors (Lipinski definition) is 3. The molecule has 3 fully saturated rings. The van der Waals surface area contributed by atoms with E-state index in [0.29, 0.717) is 38.5 Å². The van der Waals surface area contributed by atoms with Crippen molar-refractivity contribution < 1.29 is 37.8 Å². The molecule has 5 rings (SSSR count). The number of ether oxygens (including phenoxy) is 1. The van der Waals surface area contributed by atoms with Crippen LogP contribution >= 0.6 is 0 Å². The SMILES string of the molecule is CCCCC(C)(C)O.CCCCC(C)(C)OC(=O)N1[C@H]2CC[C@H](C(=O)N(C)C)C[C@H]2N(Cc2ccccc2)S1(=O)=O.CN(C)C(=O)[C@H]1CC[C@@H](O)C(NCc2ccccc2)C1. The number of rotatable bonds is 14. The quantitative estimate of drug-likeness (QED) is 0.180. The molecule has 1 aliphatic heterocycles. The standard InChI is InChI=1S/C24H37N3O5S.C16H24N2O2.C7H16O/c1-6-7-15-24(2,3)32-23(29)27-20-14-13-19(22(28)25(4)5)16-21(20)26(33(27,30)31)17-18-11-9-8-10-12-18;1-18(2)16(20)13-8-9-15(19)14(10-13)17-11-12-6-4-3-5-7-12;1-4-5-6-7(2,3)8/h8-12,19-21H,6-7,13-17H2,1-5H3;3-7,13-15,17,19H,8-11H2,1-2H3;8H,4-6H2,1-3H3/t19-,20-,21+;13-,14?,15+;/m00./s1. The summed E-state index contributed by atoms with van der Waals surface area (Å²) >= 11 is 0. The van der Waals surface area contributed by atoms with Crippen molar-refractivity contribution in [1.82, 2.24) is 23.7 Å². The molecule has 0 spiro atoms. The molecule has 2 aromatic rings. The fourth-order valence-electron chi connectivity index (χ4n) is 8.30. The second-order valence-corrected chi connectivity index (χ2v) is 20.4. The summed E-state index contributed by atoms with van der Waals surface area (Å²) in [5.74, 6) is -0.0796. The molecule has 6 atom stereocenters. The minimum absolute atomic E-state index is 0.00199. The number of fused-ring (bicyclic) bond motifs is 1. The summed E-state index contributed by atoms with van der Waals surface area (Å²) < 4.78 is 35.4. The van der Waals surface area contributed by atoms with Crippen molar-refractivity contribution >= 4 is 28.1 Å². The summed E-state index contributed by atoms with van der Waals surface area (Å²) in [7, 11) is 2.90. The molecule has 61 heavy (non-hydrogen) atoms. The Hall–Kier alpha value is -3.56. The molecule has 3 aliphatic rings. The number of carbonyl (C=O) groups excluding carboxylic acids is 3. The molecule has 1 unspecified atom stereocenters. The Morgan fingerprint density at radius 1 is 0.754 bits per heavy atom. The van der Waals surface area contributed by atoms with Crippen LogP contribution in [0.5, 0.6) is 0 Å². The van der Waals surface area contributed by atoms with Crippen molar-refractivity contribution in [2.75, 3.05) is 28.2 Å². The first-order valence-corrected chi connectivity index (χ1v) is 23.7. The van der Waals surface area contributed by atoms with Crippen LogP contribution < -0.4 is 5.32 Å². The molecule has 1 saturated heterocycles. The number of amides is 3. The average molecular weight is 872 g/mol. The highest BCUT2D eigenvalue weighted by Gasteiger charge is 2.57. The Balaban J connectivity index is 0.000000298. The number of aliphatic hydroxyl groups excluding tert-OH is 1. The Labute approximate surface area is 367 Å².